The minimum Gasteiger partial charge on any atom is -0.396 e. The summed E-state index contributed by atoms with van der Waals surface area (Å²) in [5.41, 5.74) is 6.56. The van der Waals surface area contributed by atoms with E-state index < -0.39 is 5.54 Å². The first-order valence-electron chi connectivity index (χ1n) is 4.33. The Morgan fingerprint density at radius 1 is 1.57 bits per heavy atom. The van der Waals surface area contributed by atoms with Gasteiger partial charge < -0.3 is 10.8 Å². The average molecular weight is 326 g/mol. The summed E-state index contributed by atoms with van der Waals surface area (Å²) in [6, 6.07) is 5.66. The summed E-state index contributed by atoms with van der Waals surface area (Å²) >= 11 is 8.17. The van der Waals surface area contributed by atoms with E-state index in [1.54, 1.807) is 0 Å². The number of aliphatic hydroxyl groups is 1. The lowest BCUT2D eigenvalue weighted by molar-refractivity contribution is 0.247. The van der Waals surface area contributed by atoms with Gasteiger partial charge in [-0.2, -0.15) is 0 Å². The summed E-state index contributed by atoms with van der Waals surface area (Å²) in [7, 11) is 0. The van der Waals surface area contributed by atoms with E-state index in [0.717, 1.165) is 9.13 Å². The van der Waals surface area contributed by atoms with Gasteiger partial charge in [-0.15, -0.1) is 0 Å². The number of benzene rings is 1. The lowest BCUT2D eigenvalue weighted by Gasteiger charge is -2.25. The third-order valence-corrected chi connectivity index (χ3v) is 3.99. The molecule has 3 N–H and O–H groups in total. The van der Waals surface area contributed by atoms with Gasteiger partial charge in [0.15, 0.2) is 0 Å². The smallest absolute Gasteiger partial charge is 0.0542 e. The normalized spacial score (nSPS) is 15.2. The second-order valence-corrected chi connectivity index (χ2v) is 4.98. The number of aliphatic hydroxyl groups excluding tert-OH is 1. The molecule has 0 unspecified atom stereocenters. The van der Waals surface area contributed by atoms with Crippen LogP contribution in [-0.2, 0) is 5.54 Å². The quantitative estimate of drug-likeness (QED) is 0.839. The Hall–Kier alpha value is 0.160. The lowest BCUT2D eigenvalue weighted by atomic mass is 9.90. The van der Waals surface area contributed by atoms with Gasteiger partial charge >= 0.3 is 0 Å². The minimum absolute atomic E-state index is 0.0790. The van der Waals surface area contributed by atoms with Crippen molar-refractivity contribution in [3.8, 4) is 0 Å². The van der Waals surface area contributed by atoms with Gasteiger partial charge in [0.2, 0.25) is 0 Å². The number of halogens is 2. The average Bonchev–Trinajstić information content (AvgIpc) is 2.09. The molecule has 78 valence electrons. The minimum atomic E-state index is -0.518. The molecule has 0 saturated heterocycles. The Balaban J connectivity index is 3.12. The summed E-state index contributed by atoms with van der Waals surface area (Å²) in [5.74, 6) is 0. The van der Waals surface area contributed by atoms with Crippen LogP contribution in [0.25, 0.3) is 0 Å². The van der Waals surface area contributed by atoms with E-state index in [0.29, 0.717) is 11.4 Å². The zero-order chi connectivity index (χ0) is 10.8. The molecule has 1 atom stereocenters. The van der Waals surface area contributed by atoms with Crippen molar-refractivity contribution >= 4 is 34.2 Å². The molecule has 1 rings (SSSR count). The molecule has 0 aliphatic rings. The van der Waals surface area contributed by atoms with Crippen LogP contribution in [-0.4, -0.2) is 11.7 Å². The highest BCUT2D eigenvalue weighted by molar-refractivity contribution is 14.1. The van der Waals surface area contributed by atoms with E-state index in [1.807, 2.05) is 25.1 Å². The molecule has 0 aliphatic carbocycles. The van der Waals surface area contributed by atoms with Crippen molar-refractivity contribution in [3.63, 3.8) is 0 Å². The number of hydrogen-bond acceptors (Lipinski definition) is 2. The molecule has 0 aliphatic heterocycles. The number of hydrogen-bond donors (Lipinski definition) is 2. The molecule has 0 heterocycles. The van der Waals surface area contributed by atoms with Crippen LogP contribution in [0.3, 0.4) is 0 Å². The van der Waals surface area contributed by atoms with Crippen LogP contribution in [0.5, 0.6) is 0 Å². The Labute approximate surface area is 103 Å². The highest BCUT2D eigenvalue weighted by atomic mass is 127. The van der Waals surface area contributed by atoms with Crippen molar-refractivity contribution in [2.24, 2.45) is 5.73 Å². The van der Waals surface area contributed by atoms with Crippen LogP contribution in [0, 0.1) is 3.57 Å². The maximum atomic E-state index is 8.91. The van der Waals surface area contributed by atoms with E-state index >= 15 is 0 Å². The molecule has 14 heavy (non-hydrogen) atoms. The third kappa shape index (κ3) is 2.59. The molecule has 0 bridgehead atoms. The fourth-order valence-corrected chi connectivity index (χ4v) is 2.46. The standard InChI is InChI=1S/C10H13ClINO/c1-10(13,5-6-14)7-3-2-4-8(11)9(7)12/h2-4,14H,5-6,13H2,1H3/t10-/m0/s1. The number of rotatable bonds is 3. The topological polar surface area (TPSA) is 46.2 Å². The van der Waals surface area contributed by atoms with Gasteiger partial charge in [-0.05, 0) is 47.6 Å². The van der Waals surface area contributed by atoms with Crippen molar-refractivity contribution < 1.29 is 5.11 Å². The molecule has 0 radical (unpaired) electrons. The van der Waals surface area contributed by atoms with Crippen LogP contribution in [0.2, 0.25) is 5.02 Å². The van der Waals surface area contributed by atoms with Gasteiger partial charge in [-0.3, -0.25) is 0 Å². The zero-order valence-corrected chi connectivity index (χ0v) is 10.8. The molecule has 0 amide bonds. The van der Waals surface area contributed by atoms with E-state index in [2.05, 4.69) is 22.6 Å². The molecule has 1 aromatic carbocycles. The fourth-order valence-electron chi connectivity index (χ4n) is 1.31. The second kappa shape index (κ2) is 4.79. The van der Waals surface area contributed by atoms with E-state index in [4.69, 9.17) is 22.4 Å². The molecular weight excluding hydrogens is 312 g/mol. The van der Waals surface area contributed by atoms with E-state index in [-0.39, 0.29) is 6.61 Å². The molecular formula is C10H13ClINO. The molecule has 4 heteroatoms. The van der Waals surface area contributed by atoms with Gasteiger partial charge in [0.1, 0.15) is 0 Å². The van der Waals surface area contributed by atoms with E-state index in [9.17, 15) is 0 Å². The molecule has 0 fully saturated rings. The van der Waals surface area contributed by atoms with Crippen molar-refractivity contribution in [1.82, 2.24) is 0 Å². The fraction of sp³-hybridized carbons (Fsp3) is 0.400. The van der Waals surface area contributed by atoms with Crippen LogP contribution in [0.4, 0.5) is 0 Å². The largest absolute Gasteiger partial charge is 0.396 e. The maximum Gasteiger partial charge on any atom is 0.0542 e. The molecule has 2 nitrogen and oxygen atoms in total. The Morgan fingerprint density at radius 2 is 2.21 bits per heavy atom. The SMILES string of the molecule is C[C@](N)(CCO)c1cccc(Cl)c1I. The van der Waals surface area contributed by atoms with Crippen molar-refractivity contribution in [2.75, 3.05) is 6.61 Å². The summed E-state index contributed by atoms with van der Waals surface area (Å²) < 4.78 is 0.963. The van der Waals surface area contributed by atoms with Crippen LogP contribution >= 0.6 is 34.2 Å². The molecule has 1 aromatic rings. The van der Waals surface area contributed by atoms with Gasteiger partial charge in [0, 0.05) is 15.7 Å². The lowest BCUT2D eigenvalue weighted by Crippen LogP contribution is -2.34. The predicted octanol–water partition coefficient (Wildman–Crippen LogP) is 2.50. The van der Waals surface area contributed by atoms with Crippen molar-refractivity contribution in [3.05, 3.63) is 32.4 Å². The summed E-state index contributed by atoms with van der Waals surface area (Å²) in [4.78, 5) is 0. The maximum absolute atomic E-state index is 8.91. The Kier molecular flexibility index (Phi) is 4.18. The van der Waals surface area contributed by atoms with Gasteiger partial charge in [-0.25, -0.2) is 0 Å². The summed E-state index contributed by atoms with van der Waals surface area (Å²) in [6.07, 6.45) is 0.531. The monoisotopic (exact) mass is 325 g/mol. The van der Waals surface area contributed by atoms with Gasteiger partial charge in [-0.1, -0.05) is 23.7 Å². The van der Waals surface area contributed by atoms with Gasteiger partial charge in [0.25, 0.3) is 0 Å². The predicted molar refractivity (Wildman–Crippen MR) is 67.4 cm³/mol. The van der Waals surface area contributed by atoms with E-state index in [1.165, 1.54) is 0 Å². The van der Waals surface area contributed by atoms with Crippen LogP contribution in [0.1, 0.15) is 18.9 Å². The van der Waals surface area contributed by atoms with Crippen LogP contribution < -0.4 is 5.73 Å². The van der Waals surface area contributed by atoms with Crippen molar-refractivity contribution in [2.45, 2.75) is 18.9 Å². The number of nitrogens with two attached hydrogens (primary N) is 1. The highest BCUT2D eigenvalue weighted by Gasteiger charge is 2.23. The van der Waals surface area contributed by atoms with Crippen LogP contribution in [0.15, 0.2) is 18.2 Å². The molecule has 0 spiro atoms. The summed E-state index contributed by atoms with van der Waals surface area (Å²) in [5, 5.41) is 9.61. The second-order valence-electron chi connectivity index (χ2n) is 3.49. The molecule has 0 saturated carbocycles. The Bertz CT molecular complexity index is 328. The van der Waals surface area contributed by atoms with Crippen molar-refractivity contribution in [1.29, 1.82) is 0 Å². The zero-order valence-electron chi connectivity index (χ0n) is 7.93. The first kappa shape index (κ1) is 12.2. The third-order valence-electron chi connectivity index (χ3n) is 2.20. The Morgan fingerprint density at radius 3 is 2.79 bits per heavy atom. The van der Waals surface area contributed by atoms with Gasteiger partial charge in [0.05, 0.1) is 5.02 Å². The first-order valence-corrected chi connectivity index (χ1v) is 5.79. The highest BCUT2D eigenvalue weighted by Crippen LogP contribution is 2.30. The molecule has 0 aromatic heterocycles. The summed E-state index contributed by atoms with van der Waals surface area (Å²) in [6.45, 7) is 1.98. The first-order chi connectivity index (χ1) is 6.49.